The fraction of sp³-hybridized carbons (Fsp3) is 0.0741. The first-order chi connectivity index (χ1) is 16.2. The molecule has 4 nitrogen and oxygen atoms in total. The van der Waals surface area contributed by atoms with Gasteiger partial charge in [-0.2, -0.15) is 4.57 Å². The lowest BCUT2D eigenvalue weighted by Crippen LogP contribution is -2.31. The van der Waals surface area contributed by atoms with Crippen molar-refractivity contribution in [1.29, 1.82) is 0 Å². The molecule has 2 aliphatic heterocycles. The van der Waals surface area contributed by atoms with E-state index in [-0.39, 0.29) is 0 Å². The van der Waals surface area contributed by atoms with E-state index in [4.69, 9.17) is 0 Å². The van der Waals surface area contributed by atoms with Gasteiger partial charge in [0.15, 0.2) is 0 Å². The van der Waals surface area contributed by atoms with Gasteiger partial charge in [0.1, 0.15) is 11.7 Å². The zero-order valence-corrected chi connectivity index (χ0v) is 19.8. The number of para-hydroxylation sites is 4. The monoisotopic (exact) mass is 465 g/mol. The smallest absolute Gasteiger partial charge is 0.272 e. The Hall–Kier alpha value is -3.48. The van der Waals surface area contributed by atoms with E-state index in [2.05, 4.69) is 113 Å². The van der Waals surface area contributed by atoms with Crippen molar-refractivity contribution < 1.29 is 4.57 Å². The molecule has 3 heterocycles. The number of nitrogens with one attached hydrogen (secondary N) is 2. The van der Waals surface area contributed by atoms with Gasteiger partial charge in [0.05, 0.1) is 39.1 Å². The van der Waals surface area contributed by atoms with Gasteiger partial charge in [-0.15, -0.1) is 0 Å². The van der Waals surface area contributed by atoms with Crippen LogP contribution in [0, 0.1) is 0 Å². The maximum Gasteiger partial charge on any atom is 0.272 e. The molecule has 0 bridgehead atoms. The fourth-order valence-corrected chi connectivity index (χ4v) is 7.14. The first kappa shape index (κ1) is 19.0. The van der Waals surface area contributed by atoms with Crippen LogP contribution in [0.5, 0.6) is 0 Å². The molecule has 0 saturated carbocycles. The minimum absolute atomic E-state index is 1.10. The number of thioether (sulfide) groups is 1. The summed E-state index contributed by atoms with van der Waals surface area (Å²) >= 11 is 3.68. The average Bonchev–Trinajstić information content (AvgIpc) is 3.49. The normalized spacial score (nSPS) is 18.6. The molecule has 3 aromatic carbocycles. The number of allylic oxidation sites excluding steroid dienone is 2. The largest absolute Gasteiger partial charge is 0.352 e. The lowest BCUT2D eigenvalue weighted by atomic mass is 10.1. The zero-order chi connectivity index (χ0) is 22.1. The van der Waals surface area contributed by atoms with Crippen molar-refractivity contribution in [2.45, 2.75) is 4.90 Å². The summed E-state index contributed by atoms with van der Waals surface area (Å²) in [6.45, 7) is 0. The Labute approximate surface area is 200 Å². The van der Waals surface area contributed by atoms with E-state index < -0.39 is 0 Å². The highest BCUT2D eigenvalue weighted by Gasteiger charge is 2.37. The zero-order valence-electron chi connectivity index (χ0n) is 18.2. The minimum atomic E-state index is 1.10. The van der Waals surface area contributed by atoms with Crippen molar-refractivity contribution in [3.63, 3.8) is 0 Å². The molecule has 0 atom stereocenters. The van der Waals surface area contributed by atoms with Gasteiger partial charge in [-0.1, -0.05) is 59.5 Å². The molecule has 0 saturated heterocycles. The van der Waals surface area contributed by atoms with E-state index in [1.165, 1.54) is 42.0 Å². The predicted octanol–water partition coefficient (Wildman–Crippen LogP) is 6.33. The maximum atomic E-state index is 3.75. The van der Waals surface area contributed by atoms with E-state index in [1.807, 2.05) is 23.1 Å². The average molecular weight is 466 g/mol. The molecule has 7 rings (SSSR count). The molecule has 2 N–H and O–H groups in total. The van der Waals surface area contributed by atoms with Crippen molar-refractivity contribution in [2.24, 2.45) is 7.05 Å². The van der Waals surface area contributed by atoms with E-state index in [9.17, 15) is 0 Å². The number of fused-ring (bicyclic) bond motifs is 3. The third kappa shape index (κ3) is 2.74. The first-order valence-electron chi connectivity index (χ1n) is 10.9. The standard InChI is InChI=1S/C27H21N4S2/c1-30-20-11-5-7-13-22(20)32-26(30)16-15-17(27-31(2)21-12-6-8-14-23(21)33-27)25-24(16)28-18-9-3-4-10-19(18)29-25/h3-15,28-29H,1-2H3/q+1. The van der Waals surface area contributed by atoms with Crippen molar-refractivity contribution >= 4 is 56.0 Å². The second-order valence-electron chi connectivity index (χ2n) is 8.39. The van der Waals surface area contributed by atoms with Crippen LogP contribution in [0.25, 0.3) is 15.8 Å². The van der Waals surface area contributed by atoms with Gasteiger partial charge < -0.3 is 15.5 Å². The number of benzene rings is 3. The third-order valence-electron chi connectivity index (χ3n) is 6.46. The van der Waals surface area contributed by atoms with Gasteiger partial charge in [0.25, 0.3) is 5.01 Å². The van der Waals surface area contributed by atoms with Gasteiger partial charge in [-0.25, -0.2) is 0 Å². The van der Waals surface area contributed by atoms with Gasteiger partial charge in [0.2, 0.25) is 5.52 Å². The number of aryl methyl sites for hydroxylation is 1. The Morgan fingerprint density at radius 2 is 1.52 bits per heavy atom. The van der Waals surface area contributed by atoms with E-state index in [0.717, 1.165) is 22.8 Å². The van der Waals surface area contributed by atoms with Crippen LogP contribution in [0.1, 0.15) is 5.01 Å². The molecule has 4 aromatic rings. The van der Waals surface area contributed by atoms with Crippen LogP contribution in [0.3, 0.4) is 0 Å². The van der Waals surface area contributed by atoms with E-state index >= 15 is 0 Å². The molecule has 0 amide bonds. The van der Waals surface area contributed by atoms with Crippen molar-refractivity contribution in [2.75, 3.05) is 22.6 Å². The maximum absolute atomic E-state index is 3.75. The molecular weight excluding hydrogens is 444 g/mol. The molecule has 0 fully saturated rings. The summed E-state index contributed by atoms with van der Waals surface area (Å²) in [5.74, 6) is 0. The summed E-state index contributed by atoms with van der Waals surface area (Å²) in [6, 6.07) is 25.6. The van der Waals surface area contributed by atoms with Crippen LogP contribution in [-0.2, 0) is 7.05 Å². The molecule has 3 aliphatic rings. The van der Waals surface area contributed by atoms with Crippen molar-refractivity contribution in [3.05, 3.63) is 106 Å². The Kier molecular flexibility index (Phi) is 4.04. The second kappa shape index (κ2) is 7.01. The number of thiazole rings is 1. The van der Waals surface area contributed by atoms with Crippen LogP contribution in [0.15, 0.2) is 106 Å². The van der Waals surface area contributed by atoms with Crippen LogP contribution in [0.4, 0.5) is 17.1 Å². The summed E-state index contributed by atoms with van der Waals surface area (Å²) in [4.78, 5) is 3.61. The molecule has 0 spiro atoms. The first-order valence-corrected chi connectivity index (χ1v) is 12.5. The topological polar surface area (TPSA) is 31.2 Å². The molecule has 33 heavy (non-hydrogen) atoms. The number of aromatic nitrogens is 1. The summed E-state index contributed by atoms with van der Waals surface area (Å²) in [6.07, 6.45) is 2.35. The van der Waals surface area contributed by atoms with E-state index in [1.54, 1.807) is 0 Å². The van der Waals surface area contributed by atoms with Crippen LogP contribution in [-0.4, -0.2) is 7.05 Å². The van der Waals surface area contributed by atoms with Gasteiger partial charge >= 0.3 is 0 Å². The number of hydrogen-bond acceptors (Lipinski definition) is 5. The Morgan fingerprint density at radius 1 is 0.818 bits per heavy atom. The summed E-state index contributed by atoms with van der Waals surface area (Å²) in [5.41, 5.74) is 9.45. The predicted molar refractivity (Wildman–Crippen MR) is 139 cm³/mol. The number of nitrogens with zero attached hydrogens (tertiary/aromatic N) is 2. The van der Waals surface area contributed by atoms with Gasteiger partial charge in [-0.3, -0.25) is 0 Å². The van der Waals surface area contributed by atoms with Crippen LogP contribution in [0.2, 0.25) is 0 Å². The molecule has 6 heteroatoms. The summed E-state index contributed by atoms with van der Waals surface area (Å²) in [5, 5.41) is 9.99. The molecular formula is C27H21N4S2+. The van der Waals surface area contributed by atoms with Gasteiger partial charge in [0, 0.05) is 23.6 Å². The van der Waals surface area contributed by atoms with Gasteiger partial charge in [-0.05, 0) is 36.4 Å². The summed E-state index contributed by atoms with van der Waals surface area (Å²) < 4.78 is 3.61. The van der Waals surface area contributed by atoms with Crippen molar-refractivity contribution in [3.8, 4) is 0 Å². The quantitative estimate of drug-likeness (QED) is 0.322. The molecule has 1 aromatic heterocycles. The molecule has 0 radical (unpaired) electrons. The van der Waals surface area contributed by atoms with Crippen molar-refractivity contribution in [1.82, 2.24) is 0 Å². The van der Waals surface area contributed by atoms with Crippen LogP contribution >= 0.6 is 23.1 Å². The Morgan fingerprint density at radius 3 is 2.30 bits per heavy atom. The molecule has 0 unspecified atom stereocenters. The second-order valence-corrected chi connectivity index (χ2v) is 10.4. The number of hydrogen-bond donors (Lipinski definition) is 2. The highest BCUT2D eigenvalue weighted by Crippen LogP contribution is 2.51. The lowest BCUT2D eigenvalue weighted by Gasteiger charge is -2.25. The highest BCUT2D eigenvalue weighted by molar-refractivity contribution is 8.03. The third-order valence-corrected chi connectivity index (χ3v) is 8.96. The summed E-state index contributed by atoms with van der Waals surface area (Å²) in [7, 11) is 4.33. The SMILES string of the molecule is CN1/C(=C2\C=C(c3sc4ccccc4[n+]3C)C3=C2Nc2ccccc2N3)Sc2ccccc21. The number of rotatable bonds is 1. The Bertz CT molecular complexity index is 1570. The molecule has 160 valence electrons. The Balaban J connectivity index is 1.45. The lowest BCUT2D eigenvalue weighted by molar-refractivity contribution is -0.642. The fourth-order valence-electron chi connectivity index (χ4n) is 4.80. The minimum Gasteiger partial charge on any atom is -0.352 e. The van der Waals surface area contributed by atoms with E-state index in [0.29, 0.717) is 0 Å². The molecule has 1 aliphatic carbocycles. The number of anilines is 3. The van der Waals surface area contributed by atoms with Crippen LogP contribution < -0.4 is 20.1 Å². The highest BCUT2D eigenvalue weighted by atomic mass is 32.2.